The van der Waals surface area contributed by atoms with Gasteiger partial charge in [0.05, 0.1) is 6.61 Å². The van der Waals surface area contributed by atoms with Crippen LogP contribution in [0.3, 0.4) is 0 Å². The van der Waals surface area contributed by atoms with E-state index in [0.717, 1.165) is 24.1 Å². The average Bonchev–Trinajstić information content (AvgIpc) is 2.20. The summed E-state index contributed by atoms with van der Waals surface area (Å²) in [5, 5.41) is 0.996. The third kappa shape index (κ3) is 2.97. The van der Waals surface area contributed by atoms with Crippen LogP contribution in [0.15, 0.2) is 6.07 Å². The van der Waals surface area contributed by atoms with Gasteiger partial charge in [-0.25, -0.2) is 0 Å². The van der Waals surface area contributed by atoms with E-state index in [4.69, 9.17) is 4.74 Å². The Hall–Kier alpha value is -0.500. The van der Waals surface area contributed by atoms with E-state index in [9.17, 15) is 0 Å². The van der Waals surface area contributed by atoms with Crippen molar-refractivity contribution in [1.29, 1.82) is 0 Å². The van der Waals surface area contributed by atoms with Crippen molar-refractivity contribution in [2.24, 2.45) is 0 Å². The third-order valence-corrected chi connectivity index (χ3v) is 3.37. The standard InChI is InChI=1S/C13H19BrO/c1-9-8-10(2)13(12(4)11(9)3)15-7-5-6-14/h8H,5-7H2,1-4H3. The van der Waals surface area contributed by atoms with Gasteiger partial charge in [-0.15, -0.1) is 0 Å². The van der Waals surface area contributed by atoms with Crippen molar-refractivity contribution < 1.29 is 4.74 Å². The zero-order chi connectivity index (χ0) is 11.4. The fraction of sp³-hybridized carbons (Fsp3) is 0.538. The van der Waals surface area contributed by atoms with Crippen LogP contribution >= 0.6 is 15.9 Å². The van der Waals surface area contributed by atoms with Gasteiger partial charge in [-0.2, -0.15) is 0 Å². The van der Waals surface area contributed by atoms with E-state index in [1.165, 1.54) is 22.3 Å². The van der Waals surface area contributed by atoms with Gasteiger partial charge >= 0.3 is 0 Å². The molecular weight excluding hydrogens is 252 g/mol. The van der Waals surface area contributed by atoms with Crippen molar-refractivity contribution in [3.8, 4) is 5.75 Å². The molecule has 0 aliphatic heterocycles. The number of rotatable bonds is 4. The van der Waals surface area contributed by atoms with Gasteiger partial charge < -0.3 is 4.74 Å². The fourth-order valence-electron chi connectivity index (χ4n) is 1.71. The number of alkyl halides is 1. The van der Waals surface area contributed by atoms with E-state index in [0.29, 0.717) is 0 Å². The molecule has 1 aromatic rings. The van der Waals surface area contributed by atoms with E-state index in [1.807, 2.05) is 0 Å². The van der Waals surface area contributed by atoms with Crippen molar-refractivity contribution in [3.63, 3.8) is 0 Å². The van der Waals surface area contributed by atoms with Crippen LogP contribution in [0.4, 0.5) is 0 Å². The maximum Gasteiger partial charge on any atom is 0.125 e. The molecule has 0 bridgehead atoms. The molecule has 0 saturated carbocycles. The van der Waals surface area contributed by atoms with Gasteiger partial charge in [0, 0.05) is 5.33 Å². The molecule has 0 unspecified atom stereocenters. The Morgan fingerprint density at radius 2 is 1.73 bits per heavy atom. The molecule has 0 radical (unpaired) electrons. The second kappa shape index (κ2) is 5.55. The van der Waals surface area contributed by atoms with Crippen LogP contribution in [0, 0.1) is 27.7 Å². The van der Waals surface area contributed by atoms with E-state index in [1.54, 1.807) is 0 Å². The van der Waals surface area contributed by atoms with Gasteiger partial charge in [0.15, 0.2) is 0 Å². The fourth-order valence-corrected chi connectivity index (χ4v) is 1.94. The summed E-state index contributed by atoms with van der Waals surface area (Å²) in [4.78, 5) is 0. The second-order valence-corrected chi connectivity index (χ2v) is 4.77. The molecule has 15 heavy (non-hydrogen) atoms. The zero-order valence-corrected chi connectivity index (χ0v) is 11.6. The number of aryl methyl sites for hydroxylation is 2. The van der Waals surface area contributed by atoms with Gasteiger partial charge in [0.2, 0.25) is 0 Å². The molecule has 0 aliphatic rings. The highest BCUT2D eigenvalue weighted by Crippen LogP contribution is 2.28. The van der Waals surface area contributed by atoms with E-state index < -0.39 is 0 Å². The van der Waals surface area contributed by atoms with Crippen LogP contribution in [0.5, 0.6) is 5.75 Å². The molecule has 0 amide bonds. The lowest BCUT2D eigenvalue weighted by molar-refractivity contribution is 0.314. The Morgan fingerprint density at radius 3 is 2.33 bits per heavy atom. The Bertz CT molecular complexity index is 345. The summed E-state index contributed by atoms with van der Waals surface area (Å²) in [6.45, 7) is 9.34. The van der Waals surface area contributed by atoms with Crippen molar-refractivity contribution in [2.75, 3.05) is 11.9 Å². The normalized spacial score (nSPS) is 10.5. The van der Waals surface area contributed by atoms with Crippen LogP contribution in [-0.4, -0.2) is 11.9 Å². The van der Waals surface area contributed by atoms with Gasteiger partial charge in [-0.05, 0) is 56.4 Å². The molecule has 0 aliphatic carbocycles. The summed E-state index contributed by atoms with van der Waals surface area (Å²) in [6, 6.07) is 2.20. The van der Waals surface area contributed by atoms with Crippen LogP contribution in [0.1, 0.15) is 28.7 Å². The molecule has 0 N–H and O–H groups in total. The lowest BCUT2D eigenvalue weighted by atomic mass is 10.00. The van der Waals surface area contributed by atoms with Crippen LogP contribution in [0.25, 0.3) is 0 Å². The number of benzene rings is 1. The molecule has 0 fully saturated rings. The molecule has 2 heteroatoms. The maximum absolute atomic E-state index is 5.81. The molecule has 0 atom stereocenters. The van der Waals surface area contributed by atoms with E-state index in [-0.39, 0.29) is 0 Å². The highest BCUT2D eigenvalue weighted by molar-refractivity contribution is 9.09. The lowest BCUT2D eigenvalue weighted by Crippen LogP contribution is -2.03. The van der Waals surface area contributed by atoms with Gasteiger partial charge in [0.1, 0.15) is 5.75 Å². The summed E-state index contributed by atoms with van der Waals surface area (Å²) in [7, 11) is 0. The Labute approximate surface area is 101 Å². The first-order valence-electron chi connectivity index (χ1n) is 5.34. The lowest BCUT2D eigenvalue weighted by Gasteiger charge is -2.15. The highest BCUT2D eigenvalue weighted by Gasteiger charge is 2.08. The number of halogens is 1. The minimum atomic E-state index is 0.787. The van der Waals surface area contributed by atoms with Crippen LogP contribution < -0.4 is 4.74 Å². The SMILES string of the molecule is Cc1cc(C)c(OCCCBr)c(C)c1C. The number of ether oxygens (including phenoxy) is 1. The monoisotopic (exact) mass is 270 g/mol. The Balaban J connectivity index is 2.92. The van der Waals surface area contributed by atoms with Crippen molar-refractivity contribution in [2.45, 2.75) is 34.1 Å². The number of hydrogen-bond acceptors (Lipinski definition) is 1. The first-order valence-corrected chi connectivity index (χ1v) is 6.46. The smallest absolute Gasteiger partial charge is 0.125 e. The van der Waals surface area contributed by atoms with Crippen molar-refractivity contribution in [3.05, 3.63) is 28.3 Å². The molecule has 1 nitrogen and oxygen atoms in total. The number of hydrogen-bond donors (Lipinski definition) is 0. The predicted molar refractivity (Wildman–Crippen MR) is 69.3 cm³/mol. The molecule has 0 aromatic heterocycles. The van der Waals surface area contributed by atoms with Crippen molar-refractivity contribution >= 4 is 15.9 Å². The Morgan fingerprint density at radius 1 is 1.07 bits per heavy atom. The largest absolute Gasteiger partial charge is 0.493 e. The maximum atomic E-state index is 5.81. The summed E-state index contributed by atoms with van der Waals surface area (Å²) >= 11 is 3.41. The molecule has 0 spiro atoms. The summed E-state index contributed by atoms with van der Waals surface area (Å²) in [6.07, 6.45) is 1.05. The first kappa shape index (κ1) is 12.6. The molecule has 1 aromatic carbocycles. The minimum absolute atomic E-state index is 0.787. The van der Waals surface area contributed by atoms with Crippen LogP contribution in [0.2, 0.25) is 0 Å². The van der Waals surface area contributed by atoms with Gasteiger partial charge in [-0.3, -0.25) is 0 Å². The van der Waals surface area contributed by atoms with E-state index in [2.05, 4.69) is 49.7 Å². The second-order valence-electron chi connectivity index (χ2n) is 3.98. The molecule has 0 saturated heterocycles. The summed E-state index contributed by atoms with van der Waals surface area (Å²) in [5.74, 6) is 1.07. The third-order valence-electron chi connectivity index (χ3n) is 2.81. The van der Waals surface area contributed by atoms with Crippen molar-refractivity contribution in [1.82, 2.24) is 0 Å². The highest BCUT2D eigenvalue weighted by atomic mass is 79.9. The zero-order valence-electron chi connectivity index (χ0n) is 9.98. The Kier molecular flexibility index (Phi) is 4.65. The molecule has 0 heterocycles. The quantitative estimate of drug-likeness (QED) is 0.592. The summed E-state index contributed by atoms with van der Waals surface area (Å²) < 4.78 is 5.81. The van der Waals surface area contributed by atoms with Gasteiger partial charge in [0.25, 0.3) is 0 Å². The van der Waals surface area contributed by atoms with Crippen LogP contribution in [-0.2, 0) is 0 Å². The molecular formula is C13H19BrO. The molecule has 1 rings (SSSR count). The van der Waals surface area contributed by atoms with Gasteiger partial charge in [-0.1, -0.05) is 22.0 Å². The first-order chi connectivity index (χ1) is 7.07. The molecule has 84 valence electrons. The topological polar surface area (TPSA) is 9.23 Å². The van der Waals surface area contributed by atoms with E-state index >= 15 is 0 Å². The average molecular weight is 271 g/mol. The predicted octanol–water partition coefficient (Wildman–Crippen LogP) is 4.08. The minimum Gasteiger partial charge on any atom is -0.493 e. The summed E-state index contributed by atoms with van der Waals surface area (Å²) in [5.41, 5.74) is 5.21.